The standard InChI is InChI=1S/C20H31N3O5S2/c1-20(2,3)28-19(25)21-14-15-8-11-22(12-9-15)18(24)16-6-4-10-23(16)30(26,27)17-7-5-13-29-17/h5,7,13,15-16H,4,6,8-12,14H2,1-3H3,(H,21,25). The number of carbonyl (C=O) groups is 2. The van der Waals surface area contributed by atoms with Gasteiger partial charge in [0, 0.05) is 26.2 Å². The summed E-state index contributed by atoms with van der Waals surface area (Å²) in [7, 11) is -3.63. The van der Waals surface area contributed by atoms with Gasteiger partial charge in [0.1, 0.15) is 15.9 Å². The predicted molar refractivity (Wildman–Crippen MR) is 115 cm³/mol. The van der Waals surface area contributed by atoms with E-state index in [0.717, 1.165) is 12.8 Å². The summed E-state index contributed by atoms with van der Waals surface area (Å²) in [4.78, 5) is 26.7. The highest BCUT2D eigenvalue weighted by Gasteiger charge is 2.42. The van der Waals surface area contributed by atoms with Crippen LogP contribution in [0.5, 0.6) is 0 Å². The quantitative estimate of drug-likeness (QED) is 0.733. The minimum Gasteiger partial charge on any atom is -0.444 e. The fraction of sp³-hybridized carbons (Fsp3) is 0.700. The molecular weight excluding hydrogens is 426 g/mol. The molecule has 2 fully saturated rings. The molecule has 30 heavy (non-hydrogen) atoms. The molecule has 0 aliphatic carbocycles. The van der Waals surface area contributed by atoms with Crippen LogP contribution in [-0.4, -0.2) is 67.4 Å². The van der Waals surface area contributed by atoms with Crippen LogP contribution in [0.2, 0.25) is 0 Å². The average molecular weight is 458 g/mol. The van der Waals surface area contributed by atoms with Crippen LogP contribution < -0.4 is 5.32 Å². The lowest BCUT2D eigenvalue weighted by Crippen LogP contribution is -2.50. The Morgan fingerprint density at radius 1 is 1.20 bits per heavy atom. The molecule has 2 saturated heterocycles. The topological polar surface area (TPSA) is 96.0 Å². The second-order valence-corrected chi connectivity index (χ2v) is 11.9. The van der Waals surface area contributed by atoms with E-state index in [9.17, 15) is 18.0 Å². The molecule has 0 bridgehead atoms. The molecule has 10 heteroatoms. The summed E-state index contributed by atoms with van der Waals surface area (Å²) in [5, 5.41) is 4.53. The maximum absolute atomic E-state index is 13.1. The normalized spacial score (nSPS) is 21.6. The molecule has 1 aromatic heterocycles. The van der Waals surface area contributed by atoms with Crippen LogP contribution in [0.4, 0.5) is 4.79 Å². The van der Waals surface area contributed by atoms with E-state index in [-0.39, 0.29) is 16.0 Å². The van der Waals surface area contributed by atoms with Crippen LogP contribution in [-0.2, 0) is 19.6 Å². The van der Waals surface area contributed by atoms with Gasteiger partial charge in [-0.3, -0.25) is 4.79 Å². The van der Waals surface area contributed by atoms with Crippen molar-refractivity contribution in [2.75, 3.05) is 26.2 Å². The maximum atomic E-state index is 13.1. The molecule has 8 nitrogen and oxygen atoms in total. The molecular formula is C20H31N3O5S2. The smallest absolute Gasteiger partial charge is 0.407 e. The zero-order valence-corrected chi connectivity index (χ0v) is 19.4. The third-order valence-corrected chi connectivity index (χ3v) is 8.69. The monoisotopic (exact) mass is 457 g/mol. The number of thiophene rings is 1. The number of nitrogens with one attached hydrogen (secondary N) is 1. The van der Waals surface area contributed by atoms with Crippen molar-refractivity contribution < 1.29 is 22.7 Å². The lowest BCUT2D eigenvalue weighted by Gasteiger charge is -2.35. The van der Waals surface area contributed by atoms with Gasteiger partial charge in [0.25, 0.3) is 10.0 Å². The largest absolute Gasteiger partial charge is 0.444 e. The van der Waals surface area contributed by atoms with Crippen molar-refractivity contribution in [3.8, 4) is 0 Å². The molecule has 168 valence electrons. The van der Waals surface area contributed by atoms with E-state index in [1.54, 1.807) is 22.4 Å². The minimum atomic E-state index is -3.63. The lowest BCUT2D eigenvalue weighted by atomic mass is 9.96. The second kappa shape index (κ2) is 9.23. The van der Waals surface area contributed by atoms with Crippen LogP contribution >= 0.6 is 11.3 Å². The molecule has 3 rings (SSSR count). The van der Waals surface area contributed by atoms with Crippen molar-refractivity contribution in [1.29, 1.82) is 0 Å². The first kappa shape index (κ1) is 23.0. The molecule has 1 aromatic rings. The molecule has 2 amide bonds. The van der Waals surface area contributed by atoms with Crippen molar-refractivity contribution in [3.05, 3.63) is 17.5 Å². The van der Waals surface area contributed by atoms with Gasteiger partial charge in [-0.15, -0.1) is 11.3 Å². The van der Waals surface area contributed by atoms with Gasteiger partial charge in [0.15, 0.2) is 0 Å². The average Bonchev–Trinajstić information content (AvgIpc) is 3.37. The molecule has 3 heterocycles. The zero-order chi connectivity index (χ0) is 21.9. The summed E-state index contributed by atoms with van der Waals surface area (Å²) < 4.78 is 32.7. The first-order valence-electron chi connectivity index (χ1n) is 10.4. The molecule has 2 aliphatic rings. The van der Waals surface area contributed by atoms with E-state index in [1.165, 1.54) is 15.6 Å². The zero-order valence-electron chi connectivity index (χ0n) is 17.8. The highest BCUT2D eigenvalue weighted by atomic mass is 32.2. The molecule has 2 aliphatic heterocycles. The van der Waals surface area contributed by atoms with E-state index in [2.05, 4.69) is 5.32 Å². The third-order valence-electron chi connectivity index (χ3n) is 5.41. The number of carbonyl (C=O) groups excluding carboxylic acids is 2. The highest BCUT2D eigenvalue weighted by Crippen LogP contribution is 2.30. The summed E-state index contributed by atoms with van der Waals surface area (Å²) in [6.45, 7) is 7.50. The fourth-order valence-electron chi connectivity index (χ4n) is 3.91. The van der Waals surface area contributed by atoms with Gasteiger partial charge in [-0.05, 0) is 63.8 Å². The number of likely N-dealkylation sites (tertiary alicyclic amines) is 1. The van der Waals surface area contributed by atoms with Crippen molar-refractivity contribution in [3.63, 3.8) is 0 Å². The summed E-state index contributed by atoms with van der Waals surface area (Å²) in [6, 6.07) is 2.68. The van der Waals surface area contributed by atoms with E-state index in [4.69, 9.17) is 4.74 Å². The van der Waals surface area contributed by atoms with E-state index < -0.39 is 27.8 Å². The highest BCUT2D eigenvalue weighted by molar-refractivity contribution is 7.91. The number of alkyl carbamates (subject to hydrolysis) is 1. The third kappa shape index (κ3) is 5.53. The Labute approximate surface area is 182 Å². The Morgan fingerprint density at radius 3 is 2.50 bits per heavy atom. The molecule has 1 atom stereocenters. The summed E-state index contributed by atoms with van der Waals surface area (Å²) in [5.41, 5.74) is -0.531. The van der Waals surface area contributed by atoms with Gasteiger partial charge in [-0.2, -0.15) is 4.31 Å². The molecule has 1 N–H and O–H groups in total. The number of piperidine rings is 1. The number of ether oxygens (including phenoxy) is 1. The van der Waals surface area contributed by atoms with E-state index in [1.807, 2.05) is 20.8 Å². The van der Waals surface area contributed by atoms with Gasteiger partial charge >= 0.3 is 6.09 Å². The van der Waals surface area contributed by atoms with Gasteiger partial charge in [0.2, 0.25) is 5.91 Å². The lowest BCUT2D eigenvalue weighted by molar-refractivity contribution is -0.136. The van der Waals surface area contributed by atoms with Crippen LogP contribution in [0.3, 0.4) is 0 Å². The van der Waals surface area contributed by atoms with E-state index in [0.29, 0.717) is 39.0 Å². The van der Waals surface area contributed by atoms with Crippen molar-refractivity contribution >= 4 is 33.4 Å². The number of rotatable bonds is 5. The first-order chi connectivity index (χ1) is 14.1. The van der Waals surface area contributed by atoms with Gasteiger partial charge < -0.3 is 15.0 Å². The molecule has 0 saturated carbocycles. The summed E-state index contributed by atoms with van der Waals surface area (Å²) in [5.74, 6) is 0.169. The van der Waals surface area contributed by atoms with Crippen LogP contribution in [0.25, 0.3) is 0 Å². The molecule has 0 spiro atoms. The minimum absolute atomic E-state index is 0.105. The van der Waals surface area contributed by atoms with E-state index >= 15 is 0 Å². The van der Waals surface area contributed by atoms with Gasteiger partial charge in [-0.25, -0.2) is 13.2 Å². The second-order valence-electron chi connectivity index (χ2n) is 8.86. The first-order valence-corrected chi connectivity index (χ1v) is 12.7. The Hall–Kier alpha value is -1.65. The van der Waals surface area contributed by atoms with Crippen molar-refractivity contribution in [2.45, 2.75) is 62.3 Å². The molecule has 0 aromatic carbocycles. The Kier molecular flexibility index (Phi) is 7.09. The Balaban J connectivity index is 1.52. The van der Waals surface area contributed by atoms with Crippen molar-refractivity contribution in [2.24, 2.45) is 5.92 Å². The Bertz CT molecular complexity index is 840. The van der Waals surface area contributed by atoms with Gasteiger partial charge in [0.05, 0.1) is 0 Å². The van der Waals surface area contributed by atoms with Crippen LogP contribution in [0, 0.1) is 5.92 Å². The number of sulfonamides is 1. The SMILES string of the molecule is CC(C)(C)OC(=O)NCC1CCN(C(=O)C2CCCN2S(=O)(=O)c2cccs2)CC1. The van der Waals surface area contributed by atoms with Crippen molar-refractivity contribution in [1.82, 2.24) is 14.5 Å². The molecule has 0 radical (unpaired) electrons. The Morgan fingerprint density at radius 2 is 1.90 bits per heavy atom. The fourth-order valence-corrected chi connectivity index (χ4v) is 6.68. The maximum Gasteiger partial charge on any atom is 0.407 e. The predicted octanol–water partition coefficient (Wildman–Crippen LogP) is 2.66. The number of hydrogen-bond donors (Lipinski definition) is 1. The van der Waals surface area contributed by atoms with Crippen LogP contribution in [0.15, 0.2) is 21.7 Å². The van der Waals surface area contributed by atoms with Gasteiger partial charge in [-0.1, -0.05) is 6.07 Å². The summed E-state index contributed by atoms with van der Waals surface area (Å²) >= 11 is 1.18. The summed E-state index contributed by atoms with van der Waals surface area (Å²) in [6.07, 6.45) is 2.36. The van der Waals surface area contributed by atoms with Crippen LogP contribution in [0.1, 0.15) is 46.5 Å². The number of hydrogen-bond acceptors (Lipinski definition) is 6. The number of nitrogens with zero attached hydrogens (tertiary/aromatic N) is 2. The molecule has 1 unspecified atom stereocenters. The number of amides is 2.